The maximum atomic E-state index is 14.0. The molecule has 7 amide bonds. The van der Waals surface area contributed by atoms with Crippen molar-refractivity contribution in [3.8, 4) is 0 Å². The van der Waals surface area contributed by atoms with Crippen LogP contribution in [0.4, 0.5) is 37.1 Å². The Hall–Kier alpha value is -8.34. The number of rotatable bonds is 15. The molecule has 17 rings (SSSR count). The van der Waals surface area contributed by atoms with Gasteiger partial charge < -0.3 is 68.5 Å². The first-order chi connectivity index (χ1) is 48.2. The Morgan fingerprint density at radius 2 is 0.940 bits per heavy atom. The van der Waals surface area contributed by atoms with Gasteiger partial charge in [0, 0.05) is 94.1 Å². The molecule has 5 aliphatic carbocycles. The summed E-state index contributed by atoms with van der Waals surface area (Å²) < 4.78 is 30.4. The first kappa shape index (κ1) is 70.1. The number of nitrogens with zero attached hydrogens (tertiary/aromatic N) is 7. The van der Waals surface area contributed by atoms with Gasteiger partial charge in [-0.15, -0.1) is 0 Å². The highest BCUT2D eigenvalue weighted by Crippen LogP contribution is 2.52. The van der Waals surface area contributed by atoms with E-state index < -0.39 is 22.5 Å². The number of unbranched alkanes of at least 4 members (excludes halogenated alkanes) is 1. The lowest BCUT2D eigenvalue weighted by molar-refractivity contribution is -0.139. The van der Waals surface area contributed by atoms with Crippen LogP contribution in [0.25, 0.3) is 0 Å². The Bertz CT molecular complexity index is 3820. The monoisotopic (exact) mass is 1370 g/mol. The minimum absolute atomic E-state index is 0. The minimum atomic E-state index is -0.695. The van der Waals surface area contributed by atoms with E-state index in [1.54, 1.807) is 19.6 Å². The van der Waals surface area contributed by atoms with Gasteiger partial charge in [-0.1, -0.05) is 86.6 Å². The van der Waals surface area contributed by atoms with Crippen molar-refractivity contribution in [3.63, 3.8) is 0 Å². The number of aryl methyl sites for hydroxylation is 1. The number of imidazole rings is 1. The molecule has 4 saturated carbocycles. The zero-order valence-electron chi connectivity index (χ0n) is 57.4. The molecule has 12 aliphatic rings. The van der Waals surface area contributed by atoms with Crippen LogP contribution in [0.1, 0.15) is 183 Å². The highest BCUT2D eigenvalue weighted by atomic mass is 16.7. The van der Waals surface area contributed by atoms with Gasteiger partial charge >= 0.3 is 18.3 Å². The molecular formula is C78H99N9O13. The van der Waals surface area contributed by atoms with E-state index in [-0.39, 0.29) is 79.7 Å². The van der Waals surface area contributed by atoms with Gasteiger partial charge in [-0.05, 0) is 189 Å². The Morgan fingerprint density at radius 1 is 0.520 bits per heavy atom. The van der Waals surface area contributed by atoms with Crippen molar-refractivity contribution in [2.24, 2.45) is 0 Å². The summed E-state index contributed by atoms with van der Waals surface area (Å²) in [5.41, 5.74) is 8.26. The van der Waals surface area contributed by atoms with Crippen LogP contribution in [0.3, 0.4) is 0 Å². The molecule has 1 aromatic heterocycles. The molecule has 100 heavy (non-hydrogen) atoms. The van der Waals surface area contributed by atoms with Gasteiger partial charge in [0.2, 0.25) is 23.6 Å². The molecule has 3 N–H and O–H groups in total. The summed E-state index contributed by atoms with van der Waals surface area (Å²) in [6, 6.07) is 31.6. The molecule has 534 valence electrons. The third-order valence-corrected chi connectivity index (χ3v) is 22.9. The number of nitrogens with one attached hydrogen (secondary N) is 2. The van der Waals surface area contributed by atoms with E-state index in [0.717, 1.165) is 174 Å². The van der Waals surface area contributed by atoms with Gasteiger partial charge in [0.1, 0.15) is 40.4 Å². The average Bonchev–Trinajstić information content (AvgIpc) is 1.54. The summed E-state index contributed by atoms with van der Waals surface area (Å²) in [6.07, 6.45) is 20.4. The number of anilines is 4. The number of ether oxygens (including phenoxy) is 5. The first-order valence-electron chi connectivity index (χ1n) is 36.6. The van der Waals surface area contributed by atoms with Crippen molar-refractivity contribution in [3.05, 3.63) is 137 Å². The molecule has 0 unspecified atom stereocenters. The number of carbonyl (C=O) groups is 7. The first-order valence-corrected chi connectivity index (χ1v) is 36.6. The SMILES string of the molecule is C.CCOC(CN1C(=O)C2(CN(C(=O)OC3CCCC3)C2)c2ccccc21)OCC.O=C(OC1CCCC1)N1CC2(C1)C(=O)N(Cc1nc3c(n1CCCCO)CCCC3)c1ccccc12.O=C(OC1CCCC1)N1CC2(C1)C(=O)Nc1ccccc12.O=C1Nc2ccccc2C12CCC2. The lowest BCUT2D eigenvalue weighted by atomic mass is 9.65. The minimum Gasteiger partial charge on any atom is -0.446 e. The van der Waals surface area contributed by atoms with Crippen molar-refractivity contribution in [1.29, 1.82) is 0 Å². The summed E-state index contributed by atoms with van der Waals surface area (Å²) in [4.78, 5) is 102. The molecule has 4 aromatic carbocycles. The number of para-hydroxylation sites is 4. The second-order valence-corrected chi connectivity index (χ2v) is 29.0. The molecule has 0 radical (unpaired) electrons. The maximum absolute atomic E-state index is 14.0. The number of fused-ring (bicyclic) bond motifs is 9. The Kier molecular flexibility index (Phi) is 20.8. The lowest BCUT2D eigenvalue weighted by Crippen LogP contribution is -2.65. The Balaban J connectivity index is 0.000000125. The van der Waals surface area contributed by atoms with Crippen molar-refractivity contribution in [1.82, 2.24) is 24.3 Å². The summed E-state index contributed by atoms with van der Waals surface area (Å²) in [5.74, 6) is 1.19. The van der Waals surface area contributed by atoms with Crippen molar-refractivity contribution < 1.29 is 62.4 Å². The number of amides is 7. The quantitative estimate of drug-likeness (QED) is 0.0502. The molecule has 22 heteroatoms. The second kappa shape index (κ2) is 29.7. The zero-order chi connectivity index (χ0) is 68.5. The lowest BCUT2D eigenvalue weighted by Gasteiger charge is -2.46. The standard InChI is InChI=1S/C28H36N4O4.C22H30N2O5.C16H18N2O3.C11H11NO.CH4/c33-16-8-7-15-31-24-14-6-4-12-22(24)29-25(31)17-32-23-13-5-3-11-21(23)28(26(32)34)18-30(19-28)27(35)36-20-9-1-2-10-20;1-3-27-19(28-4-2)13-24-18-12-8-7-11-17(18)22(20(24)25)14-23(15-22)21(26)29-16-9-5-6-10-16;19-14-16(12-7-3-4-8-13(12)17-14)9-18(10-16)15(20)21-11-5-1-2-6-11;13-10-11(6-3-7-11)8-4-1-2-5-9(8)12-10;/h3,5,11,13,20,33H,1-2,4,6-10,12,14-19H2;7-8,11-12,16,19H,3-6,9-10,13-15H2,1-2H3;3-4,7-8,11H,1-2,5-6,9-10H2,(H,17,19);1-2,4-5H,3,6-7H2,(H,12,13);1H4. The number of aromatic nitrogens is 2. The van der Waals surface area contributed by atoms with Gasteiger partial charge in [0.05, 0.1) is 24.2 Å². The predicted octanol–water partition coefficient (Wildman–Crippen LogP) is 11.7. The summed E-state index contributed by atoms with van der Waals surface area (Å²) >= 11 is 0. The topological polar surface area (TPSA) is 244 Å². The van der Waals surface area contributed by atoms with Crippen LogP contribution in [0.5, 0.6) is 0 Å². The molecule has 3 saturated heterocycles. The summed E-state index contributed by atoms with van der Waals surface area (Å²) in [6.45, 7) is 8.90. The van der Waals surface area contributed by atoms with Crippen LogP contribution < -0.4 is 20.4 Å². The predicted molar refractivity (Wildman–Crippen MR) is 377 cm³/mol. The van der Waals surface area contributed by atoms with E-state index in [1.165, 1.54) is 29.8 Å². The van der Waals surface area contributed by atoms with Crippen LogP contribution in [-0.2, 0) is 90.5 Å². The molecular weight excluding hydrogens is 1270 g/mol. The number of aliphatic hydroxyl groups excluding tert-OH is 1. The van der Waals surface area contributed by atoms with Gasteiger partial charge in [0.15, 0.2) is 6.29 Å². The number of aliphatic hydroxyl groups is 1. The normalized spacial score (nSPS) is 21.0. The van der Waals surface area contributed by atoms with Gasteiger partial charge in [-0.2, -0.15) is 0 Å². The van der Waals surface area contributed by atoms with E-state index in [0.29, 0.717) is 65.6 Å². The molecule has 8 heterocycles. The molecule has 7 fully saturated rings. The van der Waals surface area contributed by atoms with E-state index in [1.807, 2.05) is 110 Å². The molecule has 22 nitrogen and oxygen atoms in total. The highest BCUT2D eigenvalue weighted by Gasteiger charge is 2.62. The van der Waals surface area contributed by atoms with Gasteiger partial charge in [0.25, 0.3) is 0 Å². The molecule has 4 spiro atoms. The van der Waals surface area contributed by atoms with Crippen LogP contribution in [-0.4, -0.2) is 162 Å². The second-order valence-electron chi connectivity index (χ2n) is 29.0. The Labute approximate surface area is 586 Å². The molecule has 0 bridgehead atoms. The Morgan fingerprint density at radius 3 is 1.41 bits per heavy atom. The van der Waals surface area contributed by atoms with Crippen molar-refractivity contribution in [2.45, 2.75) is 215 Å². The smallest absolute Gasteiger partial charge is 0.410 e. The molecule has 7 aliphatic heterocycles. The van der Waals surface area contributed by atoms with Gasteiger partial charge in [-0.25, -0.2) is 19.4 Å². The van der Waals surface area contributed by atoms with E-state index in [9.17, 15) is 38.7 Å². The molecule has 0 atom stereocenters. The van der Waals surface area contributed by atoms with Crippen LogP contribution in [0.2, 0.25) is 0 Å². The van der Waals surface area contributed by atoms with Gasteiger partial charge in [-0.3, -0.25) is 19.2 Å². The summed E-state index contributed by atoms with van der Waals surface area (Å²) in [5, 5.41) is 15.1. The van der Waals surface area contributed by atoms with E-state index in [4.69, 9.17) is 28.7 Å². The van der Waals surface area contributed by atoms with Crippen LogP contribution in [0.15, 0.2) is 97.1 Å². The third kappa shape index (κ3) is 13.0. The highest BCUT2D eigenvalue weighted by molar-refractivity contribution is 6.11. The van der Waals surface area contributed by atoms with E-state index >= 15 is 0 Å². The number of benzene rings is 4. The van der Waals surface area contributed by atoms with E-state index in [2.05, 4.69) is 21.3 Å². The van der Waals surface area contributed by atoms with Crippen molar-refractivity contribution in [2.75, 3.05) is 86.1 Å². The average molecular weight is 1370 g/mol. The fraction of sp³-hybridized carbons (Fsp3) is 0.564. The number of hydrogen-bond acceptors (Lipinski definition) is 14. The zero-order valence-corrected chi connectivity index (χ0v) is 57.4. The third-order valence-electron chi connectivity index (χ3n) is 22.9. The van der Waals surface area contributed by atoms with Crippen LogP contribution >= 0.6 is 0 Å². The largest absolute Gasteiger partial charge is 0.446 e. The maximum Gasteiger partial charge on any atom is 0.410 e. The fourth-order valence-corrected chi connectivity index (χ4v) is 17.3. The van der Waals surface area contributed by atoms with Crippen LogP contribution in [0, 0.1) is 0 Å². The number of likely N-dealkylation sites (tertiary alicyclic amines) is 3. The molecule has 5 aromatic rings. The summed E-state index contributed by atoms with van der Waals surface area (Å²) in [7, 11) is 0. The van der Waals surface area contributed by atoms with Crippen molar-refractivity contribution >= 4 is 64.7 Å². The fourth-order valence-electron chi connectivity index (χ4n) is 17.3. The number of carbonyl (C=O) groups excluding carboxylic acids is 7. The number of hydrogen-bond donors (Lipinski definition) is 3.